The number of rotatable bonds is 5. The van der Waals surface area contributed by atoms with Gasteiger partial charge in [-0.05, 0) is 18.2 Å². The van der Waals surface area contributed by atoms with E-state index in [-0.39, 0.29) is 18.0 Å². The predicted octanol–water partition coefficient (Wildman–Crippen LogP) is 2.73. The molecule has 2 rings (SSSR count). The number of aliphatic imine (C=N–C) groups is 1. The molecule has 0 fully saturated rings. The first-order valence-electron chi connectivity index (χ1n) is 6.38. The molecule has 0 aliphatic heterocycles. The van der Waals surface area contributed by atoms with Gasteiger partial charge in [0, 0.05) is 17.3 Å². The molecule has 2 N–H and O–H groups in total. The van der Waals surface area contributed by atoms with Crippen molar-refractivity contribution in [2.24, 2.45) is 4.99 Å². The van der Waals surface area contributed by atoms with Gasteiger partial charge in [0.2, 0.25) is 0 Å². The van der Waals surface area contributed by atoms with Gasteiger partial charge in [-0.3, -0.25) is 4.99 Å². The number of phenolic OH excluding ortho intramolecular Hbond substituents is 2. The smallest absolute Gasteiger partial charge is 0.166 e. The van der Waals surface area contributed by atoms with Crippen LogP contribution in [0.1, 0.15) is 11.1 Å². The lowest BCUT2D eigenvalue weighted by atomic mass is 10.2. The van der Waals surface area contributed by atoms with E-state index in [1.807, 2.05) is 0 Å². The summed E-state index contributed by atoms with van der Waals surface area (Å²) in [4.78, 5) is 4.23. The van der Waals surface area contributed by atoms with Crippen molar-refractivity contribution < 1.29 is 19.7 Å². The Balaban J connectivity index is 2.17. The highest BCUT2D eigenvalue weighted by molar-refractivity contribution is 5.84. The van der Waals surface area contributed by atoms with Crippen molar-refractivity contribution in [2.45, 2.75) is 6.54 Å². The molecule has 0 saturated carbocycles. The SMILES string of the molecule is COc1cccc(C=NCc2cccc(OC)c2O)c1O. The molecule has 0 unspecified atom stereocenters. The van der Waals surface area contributed by atoms with Crippen LogP contribution in [0, 0.1) is 0 Å². The fraction of sp³-hybridized carbons (Fsp3) is 0.188. The first kappa shape index (κ1) is 14.7. The Bertz CT molecular complexity index is 653. The van der Waals surface area contributed by atoms with Gasteiger partial charge in [0.1, 0.15) is 0 Å². The van der Waals surface area contributed by atoms with Gasteiger partial charge in [-0.1, -0.05) is 18.2 Å². The molecule has 0 atom stereocenters. The van der Waals surface area contributed by atoms with E-state index in [4.69, 9.17) is 9.47 Å². The van der Waals surface area contributed by atoms with Crippen LogP contribution >= 0.6 is 0 Å². The van der Waals surface area contributed by atoms with Crippen molar-refractivity contribution in [1.82, 2.24) is 0 Å². The molecule has 5 nitrogen and oxygen atoms in total. The molecule has 0 saturated heterocycles. The van der Waals surface area contributed by atoms with Crippen molar-refractivity contribution in [2.75, 3.05) is 14.2 Å². The second kappa shape index (κ2) is 6.65. The largest absolute Gasteiger partial charge is 0.504 e. The Morgan fingerprint density at radius 3 is 2.24 bits per heavy atom. The third kappa shape index (κ3) is 3.25. The first-order valence-corrected chi connectivity index (χ1v) is 6.38. The van der Waals surface area contributed by atoms with Gasteiger partial charge < -0.3 is 19.7 Å². The molecule has 0 spiro atoms. The van der Waals surface area contributed by atoms with Crippen LogP contribution in [0.3, 0.4) is 0 Å². The van der Waals surface area contributed by atoms with Crippen LogP contribution in [0.5, 0.6) is 23.0 Å². The fourth-order valence-corrected chi connectivity index (χ4v) is 1.91. The lowest BCUT2D eigenvalue weighted by Crippen LogP contribution is -1.91. The van der Waals surface area contributed by atoms with E-state index in [9.17, 15) is 10.2 Å². The summed E-state index contributed by atoms with van der Waals surface area (Å²) in [6, 6.07) is 10.4. The van der Waals surface area contributed by atoms with E-state index >= 15 is 0 Å². The Kier molecular flexibility index (Phi) is 4.66. The molecule has 21 heavy (non-hydrogen) atoms. The summed E-state index contributed by atoms with van der Waals surface area (Å²) in [7, 11) is 2.99. The van der Waals surface area contributed by atoms with Crippen molar-refractivity contribution in [3.63, 3.8) is 0 Å². The molecule has 0 heterocycles. The quantitative estimate of drug-likeness (QED) is 0.829. The zero-order chi connectivity index (χ0) is 15.2. The van der Waals surface area contributed by atoms with Gasteiger partial charge in [0.05, 0.1) is 20.8 Å². The maximum atomic E-state index is 9.95. The van der Waals surface area contributed by atoms with Gasteiger partial charge in [-0.15, -0.1) is 0 Å². The number of ether oxygens (including phenoxy) is 2. The number of para-hydroxylation sites is 2. The van der Waals surface area contributed by atoms with Gasteiger partial charge in [0.25, 0.3) is 0 Å². The second-order valence-electron chi connectivity index (χ2n) is 4.34. The highest BCUT2D eigenvalue weighted by Gasteiger charge is 2.07. The third-order valence-electron chi connectivity index (χ3n) is 3.04. The Labute approximate surface area is 123 Å². The minimum absolute atomic E-state index is 0.0404. The molecular formula is C16H17NO4. The Hall–Kier alpha value is -2.69. The zero-order valence-corrected chi connectivity index (χ0v) is 11.9. The normalized spacial score (nSPS) is 10.8. The van der Waals surface area contributed by atoms with Crippen LogP contribution in [0.2, 0.25) is 0 Å². The molecule has 5 heteroatoms. The number of phenols is 2. The minimum atomic E-state index is 0.0404. The Morgan fingerprint density at radius 2 is 1.57 bits per heavy atom. The monoisotopic (exact) mass is 287 g/mol. The van der Waals surface area contributed by atoms with Crippen LogP contribution in [-0.2, 0) is 6.54 Å². The average Bonchev–Trinajstić information content (AvgIpc) is 2.50. The summed E-state index contributed by atoms with van der Waals surface area (Å²) >= 11 is 0. The van der Waals surface area contributed by atoms with Crippen LogP contribution in [0.15, 0.2) is 41.4 Å². The minimum Gasteiger partial charge on any atom is -0.504 e. The second-order valence-corrected chi connectivity index (χ2v) is 4.34. The molecule has 0 aliphatic carbocycles. The molecule has 0 bridgehead atoms. The lowest BCUT2D eigenvalue weighted by Gasteiger charge is -2.07. The molecule has 110 valence electrons. The highest BCUT2D eigenvalue weighted by Crippen LogP contribution is 2.30. The number of methoxy groups -OCH3 is 2. The number of nitrogens with zero attached hydrogens (tertiary/aromatic N) is 1. The number of hydrogen-bond donors (Lipinski definition) is 2. The average molecular weight is 287 g/mol. The van der Waals surface area contributed by atoms with Gasteiger partial charge in [-0.2, -0.15) is 0 Å². The molecule has 0 amide bonds. The summed E-state index contributed by atoms with van der Waals surface area (Å²) < 4.78 is 10.1. The zero-order valence-electron chi connectivity index (χ0n) is 11.9. The van der Waals surface area contributed by atoms with Crippen LogP contribution in [-0.4, -0.2) is 30.6 Å². The van der Waals surface area contributed by atoms with E-state index in [0.717, 1.165) is 0 Å². The first-order chi connectivity index (χ1) is 10.2. The van der Waals surface area contributed by atoms with Crippen LogP contribution < -0.4 is 9.47 Å². The molecule has 0 aliphatic rings. The van der Waals surface area contributed by atoms with E-state index in [0.29, 0.717) is 22.6 Å². The van der Waals surface area contributed by atoms with Crippen LogP contribution in [0.25, 0.3) is 0 Å². The predicted molar refractivity (Wildman–Crippen MR) is 80.6 cm³/mol. The summed E-state index contributed by atoms with van der Waals surface area (Å²) in [5, 5.41) is 19.9. The van der Waals surface area contributed by atoms with Crippen molar-refractivity contribution >= 4 is 6.21 Å². The van der Waals surface area contributed by atoms with E-state index < -0.39 is 0 Å². The fourth-order valence-electron chi connectivity index (χ4n) is 1.91. The maximum absolute atomic E-state index is 9.95. The molecule has 0 aromatic heterocycles. The number of benzene rings is 2. The highest BCUT2D eigenvalue weighted by atomic mass is 16.5. The summed E-state index contributed by atoms with van der Waals surface area (Å²) in [6.45, 7) is 0.277. The third-order valence-corrected chi connectivity index (χ3v) is 3.04. The lowest BCUT2D eigenvalue weighted by molar-refractivity contribution is 0.370. The number of hydrogen-bond acceptors (Lipinski definition) is 5. The molecule has 2 aromatic carbocycles. The Morgan fingerprint density at radius 1 is 0.952 bits per heavy atom. The van der Waals surface area contributed by atoms with E-state index in [1.54, 1.807) is 36.4 Å². The van der Waals surface area contributed by atoms with E-state index in [2.05, 4.69) is 4.99 Å². The summed E-state index contributed by atoms with van der Waals surface area (Å²) in [5.41, 5.74) is 1.20. The van der Waals surface area contributed by atoms with Crippen LogP contribution in [0.4, 0.5) is 0 Å². The molecule has 2 aromatic rings. The molecular weight excluding hydrogens is 270 g/mol. The van der Waals surface area contributed by atoms with Gasteiger partial charge in [-0.25, -0.2) is 0 Å². The standard InChI is InChI=1S/C16H17NO4/c1-20-13-7-3-5-11(15(13)18)9-17-10-12-6-4-8-14(21-2)16(12)19/h3-9,18-19H,10H2,1-2H3. The number of aromatic hydroxyl groups is 2. The summed E-state index contributed by atoms with van der Waals surface area (Å²) in [6.07, 6.45) is 1.54. The van der Waals surface area contributed by atoms with Gasteiger partial charge in [0.15, 0.2) is 23.0 Å². The molecule has 0 radical (unpaired) electrons. The maximum Gasteiger partial charge on any atom is 0.166 e. The van der Waals surface area contributed by atoms with E-state index in [1.165, 1.54) is 20.4 Å². The summed E-state index contributed by atoms with van der Waals surface area (Å²) in [5.74, 6) is 0.917. The topological polar surface area (TPSA) is 71.3 Å². The van der Waals surface area contributed by atoms with Crippen molar-refractivity contribution in [3.8, 4) is 23.0 Å². The van der Waals surface area contributed by atoms with Crippen molar-refractivity contribution in [1.29, 1.82) is 0 Å². The van der Waals surface area contributed by atoms with Crippen molar-refractivity contribution in [3.05, 3.63) is 47.5 Å². The van der Waals surface area contributed by atoms with Gasteiger partial charge >= 0.3 is 0 Å².